The largest absolute Gasteiger partial charge is 0.373 e. The summed E-state index contributed by atoms with van der Waals surface area (Å²) in [5.41, 5.74) is 4.49. The number of morpholine rings is 1. The number of anilines is 1. The van der Waals surface area contributed by atoms with Crippen LogP contribution in [0.4, 0.5) is 5.69 Å². The Kier molecular flexibility index (Phi) is 3.61. The molecule has 17 heavy (non-hydrogen) atoms. The Labute approximate surface area is 102 Å². The third-order valence-electron chi connectivity index (χ3n) is 2.87. The zero-order chi connectivity index (χ0) is 12.3. The minimum absolute atomic E-state index is 0.0675. The molecule has 2 rings (SSSR count). The molecule has 0 bridgehead atoms. The van der Waals surface area contributed by atoms with Crippen molar-refractivity contribution in [2.75, 3.05) is 25.1 Å². The van der Waals surface area contributed by atoms with Crippen molar-refractivity contribution in [1.29, 1.82) is 0 Å². The molecule has 94 valence electrons. The van der Waals surface area contributed by atoms with E-state index in [4.69, 9.17) is 10.6 Å². The molecule has 3 N–H and O–H groups in total. The van der Waals surface area contributed by atoms with Crippen LogP contribution in [0.15, 0.2) is 18.3 Å². The maximum Gasteiger partial charge on any atom is 0.0753 e. The topological polar surface area (TPSA) is 63.4 Å². The highest BCUT2D eigenvalue weighted by Crippen LogP contribution is 2.18. The molecule has 1 aliphatic rings. The zero-order valence-electron chi connectivity index (χ0n) is 10.4. The number of nitrogens with one attached hydrogen (secondary N) is 1. The summed E-state index contributed by atoms with van der Waals surface area (Å²) >= 11 is 0. The lowest BCUT2D eigenvalue weighted by atomic mass is 10.1. The van der Waals surface area contributed by atoms with E-state index < -0.39 is 0 Å². The highest BCUT2D eigenvalue weighted by molar-refractivity contribution is 5.41. The van der Waals surface area contributed by atoms with Crippen LogP contribution < -0.4 is 11.3 Å². The minimum Gasteiger partial charge on any atom is -0.373 e. The van der Waals surface area contributed by atoms with Crippen LogP contribution in [0.25, 0.3) is 0 Å². The van der Waals surface area contributed by atoms with Crippen LogP contribution >= 0.6 is 0 Å². The number of hydrogen-bond donors (Lipinski definition) is 2. The lowest BCUT2D eigenvalue weighted by Gasteiger charge is -2.37. The summed E-state index contributed by atoms with van der Waals surface area (Å²) in [5.74, 6) is 5.38. The number of nitrogens with two attached hydrogens (primary N) is 1. The Bertz CT molecular complexity index is 381. The molecule has 1 aromatic rings. The molecular weight excluding hydrogens is 216 g/mol. The van der Waals surface area contributed by atoms with E-state index in [2.05, 4.69) is 29.2 Å². The molecule has 5 heteroatoms. The molecule has 0 radical (unpaired) electrons. The maximum absolute atomic E-state index is 5.68. The summed E-state index contributed by atoms with van der Waals surface area (Å²) in [6, 6.07) is 3.83. The van der Waals surface area contributed by atoms with Gasteiger partial charge in [-0.25, -0.2) is 0 Å². The predicted molar refractivity (Wildman–Crippen MR) is 67.4 cm³/mol. The quantitative estimate of drug-likeness (QED) is 0.605. The number of aromatic nitrogens is 1. The van der Waals surface area contributed by atoms with E-state index in [0.29, 0.717) is 0 Å². The molecule has 0 amide bonds. The third-order valence-corrected chi connectivity index (χ3v) is 2.87. The van der Waals surface area contributed by atoms with E-state index in [-0.39, 0.29) is 5.60 Å². The number of hydrogen-bond acceptors (Lipinski definition) is 5. The van der Waals surface area contributed by atoms with Crippen LogP contribution in [0.2, 0.25) is 0 Å². The zero-order valence-corrected chi connectivity index (χ0v) is 10.4. The lowest BCUT2D eigenvalue weighted by Crippen LogP contribution is -2.47. The second-order valence-electron chi connectivity index (χ2n) is 5.00. The summed E-state index contributed by atoms with van der Waals surface area (Å²) in [6.45, 7) is 7.72. The van der Waals surface area contributed by atoms with Crippen molar-refractivity contribution in [3.63, 3.8) is 0 Å². The van der Waals surface area contributed by atoms with Gasteiger partial charge in [-0.2, -0.15) is 0 Å². The van der Waals surface area contributed by atoms with Crippen LogP contribution in [0.3, 0.4) is 0 Å². The Morgan fingerprint density at radius 1 is 1.59 bits per heavy atom. The number of rotatable bonds is 3. The second kappa shape index (κ2) is 5.00. The van der Waals surface area contributed by atoms with Crippen molar-refractivity contribution in [1.82, 2.24) is 9.88 Å². The summed E-state index contributed by atoms with van der Waals surface area (Å²) in [7, 11) is 0. The van der Waals surface area contributed by atoms with Gasteiger partial charge >= 0.3 is 0 Å². The van der Waals surface area contributed by atoms with Gasteiger partial charge in [-0.1, -0.05) is 0 Å². The fraction of sp³-hybridized carbons (Fsp3) is 0.583. The van der Waals surface area contributed by atoms with Crippen molar-refractivity contribution in [2.45, 2.75) is 26.0 Å². The van der Waals surface area contributed by atoms with Gasteiger partial charge in [0, 0.05) is 25.8 Å². The van der Waals surface area contributed by atoms with Gasteiger partial charge in [-0.3, -0.25) is 15.7 Å². The highest BCUT2D eigenvalue weighted by Gasteiger charge is 2.27. The molecule has 0 aromatic carbocycles. The van der Waals surface area contributed by atoms with Gasteiger partial charge in [0.25, 0.3) is 0 Å². The molecule has 0 atom stereocenters. The molecule has 1 aromatic heterocycles. The molecule has 1 aliphatic heterocycles. The van der Waals surface area contributed by atoms with Crippen LogP contribution in [0, 0.1) is 0 Å². The fourth-order valence-electron chi connectivity index (χ4n) is 2.13. The minimum atomic E-state index is -0.0675. The van der Waals surface area contributed by atoms with Crippen molar-refractivity contribution >= 4 is 5.69 Å². The van der Waals surface area contributed by atoms with Crippen LogP contribution in [-0.2, 0) is 11.3 Å². The molecule has 1 saturated heterocycles. The number of nitrogens with zero attached hydrogens (tertiary/aromatic N) is 2. The standard InChI is InChI=1S/C12H20N4O/c1-12(2)9-16(5-6-17-12)8-11-7-10(15-13)3-4-14-11/h3-4,7H,5-6,8-9,13H2,1-2H3,(H,14,15). The fourth-order valence-corrected chi connectivity index (χ4v) is 2.13. The van der Waals surface area contributed by atoms with E-state index in [9.17, 15) is 0 Å². The van der Waals surface area contributed by atoms with Gasteiger partial charge in [0.1, 0.15) is 0 Å². The summed E-state index contributed by atoms with van der Waals surface area (Å²) in [6.07, 6.45) is 1.77. The normalized spacial score (nSPS) is 20.2. The summed E-state index contributed by atoms with van der Waals surface area (Å²) in [5, 5.41) is 0. The first kappa shape index (κ1) is 12.3. The number of ether oxygens (including phenoxy) is 1. The first-order chi connectivity index (χ1) is 8.09. The SMILES string of the molecule is CC1(C)CN(Cc2cc(NN)ccn2)CCO1. The van der Waals surface area contributed by atoms with Crippen molar-refractivity contribution in [3.8, 4) is 0 Å². The summed E-state index contributed by atoms with van der Waals surface area (Å²) in [4.78, 5) is 6.70. The Morgan fingerprint density at radius 2 is 2.41 bits per heavy atom. The smallest absolute Gasteiger partial charge is 0.0753 e. The van der Waals surface area contributed by atoms with Gasteiger partial charge in [0.05, 0.1) is 23.6 Å². The van der Waals surface area contributed by atoms with E-state index in [1.54, 1.807) is 6.20 Å². The van der Waals surface area contributed by atoms with E-state index in [0.717, 1.165) is 37.6 Å². The third kappa shape index (κ3) is 3.39. The number of pyridine rings is 1. The first-order valence-corrected chi connectivity index (χ1v) is 5.87. The second-order valence-corrected chi connectivity index (χ2v) is 5.00. The molecule has 0 unspecified atom stereocenters. The average Bonchev–Trinajstić information content (AvgIpc) is 2.28. The Balaban J connectivity index is 2.00. The van der Waals surface area contributed by atoms with E-state index in [1.807, 2.05) is 12.1 Å². The highest BCUT2D eigenvalue weighted by atomic mass is 16.5. The molecule has 0 spiro atoms. The first-order valence-electron chi connectivity index (χ1n) is 5.87. The number of nitrogen functional groups attached to an aromatic ring is 1. The van der Waals surface area contributed by atoms with Crippen LogP contribution in [-0.4, -0.2) is 35.2 Å². The molecule has 5 nitrogen and oxygen atoms in total. The van der Waals surface area contributed by atoms with Gasteiger partial charge in [0.2, 0.25) is 0 Å². The van der Waals surface area contributed by atoms with Gasteiger partial charge in [-0.05, 0) is 26.0 Å². The average molecular weight is 236 g/mol. The molecule has 1 fully saturated rings. The Morgan fingerprint density at radius 3 is 3.12 bits per heavy atom. The molecular formula is C12H20N4O. The lowest BCUT2D eigenvalue weighted by molar-refractivity contribution is -0.0885. The molecule has 0 saturated carbocycles. The number of hydrazine groups is 1. The monoisotopic (exact) mass is 236 g/mol. The van der Waals surface area contributed by atoms with E-state index >= 15 is 0 Å². The van der Waals surface area contributed by atoms with Crippen LogP contribution in [0.1, 0.15) is 19.5 Å². The van der Waals surface area contributed by atoms with Gasteiger partial charge in [0.15, 0.2) is 0 Å². The van der Waals surface area contributed by atoms with Gasteiger partial charge < -0.3 is 10.2 Å². The predicted octanol–water partition coefficient (Wildman–Crippen LogP) is 0.978. The van der Waals surface area contributed by atoms with Crippen molar-refractivity contribution in [3.05, 3.63) is 24.0 Å². The van der Waals surface area contributed by atoms with Gasteiger partial charge in [-0.15, -0.1) is 0 Å². The Hall–Kier alpha value is -1.17. The molecule has 0 aliphatic carbocycles. The van der Waals surface area contributed by atoms with Crippen LogP contribution in [0.5, 0.6) is 0 Å². The maximum atomic E-state index is 5.68. The molecule has 2 heterocycles. The van der Waals surface area contributed by atoms with Crippen molar-refractivity contribution in [2.24, 2.45) is 5.84 Å². The van der Waals surface area contributed by atoms with Crippen molar-refractivity contribution < 1.29 is 4.74 Å². The van der Waals surface area contributed by atoms with E-state index in [1.165, 1.54) is 0 Å². The summed E-state index contributed by atoms with van der Waals surface area (Å²) < 4.78 is 5.68.